The first kappa shape index (κ1) is 18.4. The molecule has 7 nitrogen and oxygen atoms in total. The Balaban J connectivity index is 0.000000816. The van der Waals surface area contributed by atoms with Crippen LogP contribution in [0.4, 0.5) is 0 Å². The van der Waals surface area contributed by atoms with Crippen LogP contribution < -0.4 is 4.74 Å². The average molecular weight is 322 g/mol. The molecule has 1 heterocycles. The second kappa shape index (κ2) is 8.70. The van der Waals surface area contributed by atoms with E-state index < -0.39 is 12.0 Å². The molecule has 1 aromatic rings. The van der Waals surface area contributed by atoms with E-state index in [9.17, 15) is 9.59 Å². The number of esters is 2. The molecule has 1 aromatic carbocycles. The highest BCUT2D eigenvalue weighted by Crippen LogP contribution is 2.43. The number of carbonyl (C=O) groups excluding carboxylic acids is 4. The molecule has 7 heteroatoms. The molecule has 0 aromatic heterocycles. The normalized spacial score (nSPS) is 19.1. The predicted octanol–water partition coefficient (Wildman–Crippen LogP) is 1.32. The van der Waals surface area contributed by atoms with Crippen molar-refractivity contribution in [2.24, 2.45) is 5.92 Å². The number of benzene rings is 1. The third-order valence-corrected chi connectivity index (χ3v) is 3.66. The van der Waals surface area contributed by atoms with Gasteiger partial charge < -0.3 is 14.2 Å². The van der Waals surface area contributed by atoms with E-state index in [1.807, 2.05) is 24.3 Å². The Labute approximate surface area is 133 Å². The molecule has 2 rings (SSSR count). The summed E-state index contributed by atoms with van der Waals surface area (Å²) in [5.41, 5.74) is 0.930. The molecule has 0 bridgehead atoms. The van der Waals surface area contributed by atoms with E-state index in [1.165, 1.54) is 14.2 Å². The molecule has 3 unspecified atom stereocenters. The molecule has 23 heavy (non-hydrogen) atoms. The number of methoxy groups -OCH3 is 2. The van der Waals surface area contributed by atoms with Crippen LogP contribution in [-0.2, 0) is 28.7 Å². The molecular formula is C16H18O7. The van der Waals surface area contributed by atoms with Crippen LogP contribution in [0.15, 0.2) is 24.3 Å². The summed E-state index contributed by atoms with van der Waals surface area (Å²) >= 11 is 0. The second-order valence-corrected chi connectivity index (χ2v) is 4.90. The zero-order valence-electron chi connectivity index (χ0n) is 13.1. The summed E-state index contributed by atoms with van der Waals surface area (Å²) in [6.07, 6.45) is -0.0501. The molecule has 0 saturated carbocycles. The molecule has 1 aliphatic rings. The van der Waals surface area contributed by atoms with E-state index in [-0.39, 0.29) is 30.4 Å². The summed E-state index contributed by atoms with van der Waals surface area (Å²) in [7, 11) is 2.69. The van der Waals surface area contributed by atoms with Gasteiger partial charge in [0.1, 0.15) is 11.9 Å². The van der Waals surface area contributed by atoms with Gasteiger partial charge in [0, 0.05) is 11.5 Å². The number of hydrogen-bond acceptors (Lipinski definition) is 7. The Morgan fingerprint density at radius 2 is 1.83 bits per heavy atom. The van der Waals surface area contributed by atoms with Gasteiger partial charge in [0.2, 0.25) is 0 Å². The van der Waals surface area contributed by atoms with Crippen LogP contribution in [0.25, 0.3) is 0 Å². The maximum atomic E-state index is 11.8. The van der Waals surface area contributed by atoms with Crippen LogP contribution in [0.1, 0.15) is 24.8 Å². The van der Waals surface area contributed by atoms with Crippen molar-refractivity contribution in [2.45, 2.75) is 25.4 Å². The number of carbonyl (C=O) groups is 2. The second-order valence-electron chi connectivity index (χ2n) is 4.90. The highest BCUT2D eigenvalue weighted by molar-refractivity contribution is 5.75. The molecule has 0 spiro atoms. The van der Waals surface area contributed by atoms with E-state index in [1.54, 1.807) is 6.92 Å². The van der Waals surface area contributed by atoms with Gasteiger partial charge in [0.05, 0.1) is 26.6 Å². The maximum absolute atomic E-state index is 11.8. The lowest BCUT2D eigenvalue weighted by Gasteiger charge is -2.22. The van der Waals surface area contributed by atoms with Gasteiger partial charge in [0.15, 0.2) is 0 Å². The van der Waals surface area contributed by atoms with Gasteiger partial charge in [-0.2, -0.15) is 9.59 Å². The zero-order valence-corrected chi connectivity index (χ0v) is 13.1. The quantitative estimate of drug-likeness (QED) is 0.771. The minimum absolute atomic E-state index is 0.108. The molecule has 0 saturated heterocycles. The van der Waals surface area contributed by atoms with Crippen LogP contribution in [-0.4, -0.2) is 38.4 Å². The van der Waals surface area contributed by atoms with E-state index in [4.69, 9.17) is 23.8 Å². The summed E-state index contributed by atoms with van der Waals surface area (Å²) in [6.45, 7) is 1.78. The first-order chi connectivity index (χ1) is 11.0. The van der Waals surface area contributed by atoms with E-state index in [0.29, 0.717) is 5.75 Å². The van der Waals surface area contributed by atoms with Crippen molar-refractivity contribution < 1.29 is 33.4 Å². The van der Waals surface area contributed by atoms with Crippen LogP contribution in [0.2, 0.25) is 0 Å². The van der Waals surface area contributed by atoms with Gasteiger partial charge in [-0.05, 0) is 6.07 Å². The van der Waals surface area contributed by atoms with E-state index >= 15 is 0 Å². The fourth-order valence-electron chi connectivity index (χ4n) is 2.64. The summed E-state index contributed by atoms with van der Waals surface area (Å²) in [5, 5.41) is 0. The maximum Gasteiger partial charge on any atom is 0.373 e. The number of fused-ring (bicyclic) bond motifs is 1. The summed E-state index contributed by atoms with van der Waals surface area (Å²) in [4.78, 5) is 39.6. The highest BCUT2D eigenvalue weighted by Gasteiger charge is 2.42. The molecule has 124 valence electrons. The lowest BCUT2D eigenvalue weighted by Crippen LogP contribution is -2.31. The zero-order chi connectivity index (χ0) is 17.4. The Hall–Kier alpha value is -2.66. The third-order valence-electron chi connectivity index (χ3n) is 3.66. The lowest BCUT2D eigenvalue weighted by atomic mass is 9.83. The Morgan fingerprint density at radius 1 is 1.22 bits per heavy atom. The lowest BCUT2D eigenvalue weighted by molar-refractivity contribution is -0.191. The topological polar surface area (TPSA) is 96.0 Å². The third kappa shape index (κ3) is 4.40. The summed E-state index contributed by atoms with van der Waals surface area (Å²) in [6, 6.07) is 7.50. The van der Waals surface area contributed by atoms with Gasteiger partial charge in [-0.1, -0.05) is 25.1 Å². The Morgan fingerprint density at radius 3 is 2.39 bits per heavy atom. The Bertz CT molecular complexity index is 590. The van der Waals surface area contributed by atoms with E-state index in [0.717, 1.165) is 5.56 Å². The van der Waals surface area contributed by atoms with Gasteiger partial charge >= 0.3 is 18.1 Å². The summed E-state index contributed by atoms with van der Waals surface area (Å²) in [5.74, 6) is -0.562. The van der Waals surface area contributed by atoms with Crippen molar-refractivity contribution in [3.8, 4) is 5.75 Å². The fourth-order valence-corrected chi connectivity index (χ4v) is 2.64. The molecule has 0 N–H and O–H groups in total. The first-order valence-corrected chi connectivity index (χ1v) is 6.89. The molecule has 0 fully saturated rings. The molecule has 0 amide bonds. The largest absolute Gasteiger partial charge is 0.489 e. The van der Waals surface area contributed by atoms with Crippen molar-refractivity contribution in [3.05, 3.63) is 29.8 Å². The van der Waals surface area contributed by atoms with Gasteiger partial charge in [-0.25, -0.2) is 0 Å². The monoisotopic (exact) mass is 322 g/mol. The first-order valence-electron chi connectivity index (χ1n) is 6.89. The van der Waals surface area contributed by atoms with Crippen molar-refractivity contribution in [1.29, 1.82) is 0 Å². The van der Waals surface area contributed by atoms with Crippen LogP contribution in [0, 0.1) is 5.92 Å². The average Bonchev–Trinajstić information content (AvgIpc) is 2.91. The van der Waals surface area contributed by atoms with Crippen molar-refractivity contribution in [2.75, 3.05) is 14.2 Å². The standard InChI is InChI=1S/C15H18O5.CO2/c1-9(15(17)19-3)14-10-6-4-5-7-11(10)20-12(14)8-13(16)18-2;2-1-3/h4-7,9,12,14H,8H2,1-3H3;. The van der Waals surface area contributed by atoms with Crippen LogP contribution >= 0.6 is 0 Å². The predicted molar refractivity (Wildman–Crippen MR) is 76.4 cm³/mol. The highest BCUT2D eigenvalue weighted by atomic mass is 16.5. The fraction of sp³-hybridized carbons (Fsp3) is 0.438. The minimum atomic E-state index is -0.408. The van der Waals surface area contributed by atoms with Gasteiger partial charge in [-0.3, -0.25) is 9.59 Å². The summed E-state index contributed by atoms with van der Waals surface area (Å²) < 4.78 is 15.3. The van der Waals surface area contributed by atoms with Gasteiger partial charge in [-0.15, -0.1) is 0 Å². The van der Waals surface area contributed by atoms with E-state index in [2.05, 4.69) is 0 Å². The molecule has 0 aliphatic carbocycles. The van der Waals surface area contributed by atoms with Gasteiger partial charge in [0.25, 0.3) is 0 Å². The van der Waals surface area contributed by atoms with Crippen molar-refractivity contribution >= 4 is 18.1 Å². The van der Waals surface area contributed by atoms with Crippen LogP contribution in [0.3, 0.4) is 0 Å². The number of rotatable bonds is 4. The molecular weight excluding hydrogens is 304 g/mol. The number of para-hydroxylation sites is 1. The number of ether oxygens (including phenoxy) is 3. The van der Waals surface area contributed by atoms with Crippen LogP contribution in [0.5, 0.6) is 5.75 Å². The number of hydrogen-bond donors (Lipinski definition) is 0. The molecule has 1 aliphatic heterocycles. The SMILES string of the molecule is COC(=O)CC1Oc2ccccc2C1C(C)C(=O)OC.O=C=O. The van der Waals surface area contributed by atoms with Crippen molar-refractivity contribution in [1.82, 2.24) is 0 Å². The minimum Gasteiger partial charge on any atom is -0.489 e. The van der Waals surface area contributed by atoms with Crippen molar-refractivity contribution in [3.63, 3.8) is 0 Å². The molecule has 3 atom stereocenters. The smallest absolute Gasteiger partial charge is 0.373 e. The Kier molecular flexibility index (Phi) is 6.96. The molecule has 0 radical (unpaired) electrons.